The van der Waals surface area contributed by atoms with E-state index in [1.165, 1.54) is 5.39 Å². The number of nitrogens with zero attached hydrogens (tertiary/aromatic N) is 1. The van der Waals surface area contributed by atoms with E-state index < -0.39 is 0 Å². The Bertz CT molecular complexity index is 810. The van der Waals surface area contributed by atoms with Gasteiger partial charge in [-0.25, -0.2) is 0 Å². The molecule has 0 aliphatic carbocycles. The molecule has 0 unspecified atom stereocenters. The summed E-state index contributed by atoms with van der Waals surface area (Å²) >= 11 is 0. The summed E-state index contributed by atoms with van der Waals surface area (Å²) in [5.74, 6) is 0.0573. The number of aromatic amines is 1. The molecule has 0 fully saturated rings. The Labute approximate surface area is 135 Å². The molecule has 1 amide bonds. The highest BCUT2D eigenvalue weighted by Crippen LogP contribution is 2.25. The highest BCUT2D eigenvalue weighted by atomic mass is 16.5. The minimum Gasteiger partial charge on any atom is -0.385 e. The molecule has 0 radical (unpaired) electrons. The van der Waals surface area contributed by atoms with Crippen LogP contribution in [0.15, 0.2) is 36.5 Å². The predicted octanol–water partition coefficient (Wildman–Crippen LogP) is 2.80. The number of nitrogens with one attached hydrogen (secondary N) is 2. The minimum atomic E-state index is 0.0573. The SMILES string of the molecule is COCCCNC(=O)CCc1cc2c(cn1)[nH]c1ccccc12. The van der Waals surface area contributed by atoms with Crippen LogP contribution in [0.3, 0.4) is 0 Å². The van der Waals surface area contributed by atoms with E-state index in [0.717, 1.165) is 28.5 Å². The Morgan fingerprint density at radius 2 is 2.13 bits per heavy atom. The molecule has 3 rings (SSSR count). The lowest BCUT2D eigenvalue weighted by Gasteiger charge is -2.05. The van der Waals surface area contributed by atoms with E-state index in [1.54, 1.807) is 7.11 Å². The summed E-state index contributed by atoms with van der Waals surface area (Å²) in [6.45, 7) is 1.32. The molecule has 5 nitrogen and oxygen atoms in total. The first-order valence-corrected chi connectivity index (χ1v) is 7.89. The van der Waals surface area contributed by atoms with Crippen LogP contribution < -0.4 is 5.32 Å². The third kappa shape index (κ3) is 3.68. The van der Waals surface area contributed by atoms with Gasteiger partial charge in [-0.1, -0.05) is 18.2 Å². The Balaban J connectivity index is 1.64. The molecule has 0 aliphatic rings. The maximum atomic E-state index is 11.8. The summed E-state index contributed by atoms with van der Waals surface area (Å²) < 4.78 is 4.96. The van der Waals surface area contributed by atoms with E-state index in [-0.39, 0.29) is 5.91 Å². The first-order valence-electron chi connectivity index (χ1n) is 7.89. The van der Waals surface area contributed by atoms with Crippen molar-refractivity contribution in [3.8, 4) is 0 Å². The summed E-state index contributed by atoms with van der Waals surface area (Å²) in [5.41, 5.74) is 3.07. The van der Waals surface area contributed by atoms with Crippen molar-refractivity contribution in [1.29, 1.82) is 0 Å². The average Bonchev–Trinajstić information content (AvgIpc) is 2.95. The van der Waals surface area contributed by atoms with Gasteiger partial charge in [-0.3, -0.25) is 9.78 Å². The van der Waals surface area contributed by atoms with Gasteiger partial charge in [0.2, 0.25) is 5.91 Å². The van der Waals surface area contributed by atoms with E-state index in [4.69, 9.17) is 4.74 Å². The van der Waals surface area contributed by atoms with Crippen LogP contribution in [0.2, 0.25) is 0 Å². The van der Waals surface area contributed by atoms with Crippen molar-refractivity contribution in [3.05, 3.63) is 42.2 Å². The molecule has 0 aliphatic heterocycles. The van der Waals surface area contributed by atoms with Gasteiger partial charge in [0.15, 0.2) is 0 Å². The molecule has 0 saturated heterocycles. The number of amides is 1. The number of fused-ring (bicyclic) bond motifs is 3. The van der Waals surface area contributed by atoms with Crippen LogP contribution in [0.25, 0.3) is 21.8 Å². The Morgan fingerprint density at radius 3 is 3.00 bits per heavy atom. The van der Waals surface area contributed by atoms with Crippen molar-refractivity contribution in [2.75, 3.05) is 20.3 Å². The summed E-state index contributed by atoms with van der Waals surface area (Å²) in [5, 5.41) is 5.25. The molecule has 0 spiro atoms. The standard InChI is InChI=1S/C18H21N3O2/c1-23-10-4-9-19-18(22)8-7-13-11-15-14-5-2-3-6-16(14)21-17(15)12-20-13/h2-3,5-6,11-12,21H,4,7-10H2,1H3,(H,19,22). The Kier molecular flexibility index (Phi) is 4.88. The van der Waals surface area contributed by atoms with Gasteiger partial charge in [0.25, 0.3) is 0 Å². The van der Waals surface area contributed by atoms with Gasteiger partial charge in [-0.2, -0.15) is 0 Å². The number of H-pyrrole nitrogens is 1. The quantitative estimate of drug-likeness (QED) is 0.659. The largest absolute Gasteiger partial charge is 0.385 e. The van der Waals surface area contributed by atoms with Gasteiger partial charge >= 0.3 is 0 Å². The van der Waals surface area contributed by atoms with Crippen molar-refractivity contribution >= 4 is 27.7 Å². The maximum absolute atomic E-state index is 11.8. The average molecular weight is 311 g/mol. The molecule has 0 atom stereocenters. The van der Waals surface area contributed by atoms with Gasteiger partial charge in [0.05, 0.1) is 11.7 Å². The number of methoxy groups -OCH3 is 1. The van der Waals surface area contributed by atoms with Gasteiger partial charge in [-0.15, -0.1) is 0 Å². The zero-order valence-corrected chi connectivity index (χ0v) is 13.3. The van der Waals surface area contributed by atoms with Crippen LogP contribution in [0, 0.1) is 0 Å². The molecule has 2 heterocycles. The summed E-state index contributed by atoms with van der Waals surface area (Å²) in [7, 11) is 1.66. The number of benzene rings is 1. The normalized spacial score (nSPS) is 11.2. The molecule has 0 bridgehead atoms. The van der Waals surface area contributed by atoms with Crippen molar-refractivity contribution in [3.63, 3.8) is 0 Å². The fraction of sp³-hybridized carbons (Fsp3) is 0.333. The monoisotopic (exact) mass is 311 g/mol. The molecule has 23 heavy (non-hydrogen) atoms. The minimum absolute atomic E-state index is 0.0573. The number of hydrogen-bond acceptors (Lipinski definition) is 3. The Hall–Kier alpha value is -2.40. The van der Waals surface area contributed by atoms with Gasteiger partial charge < -0.3 is 15.0 Å². The molecule has 3 aromatic rings. The van der Waals surface area contributed by atoms with Crippen LogP contribution in [-0.4, -0.2) is 36.1 Å². The maximum Gasteiger partial charge on any atom is 0.220 e. The third-order valence-corrected chi connectivity index (χ3v) is 3.90. The lowest BCUT2D eigenvalue weighted by molar-refractivity contribution is -0.121. The fourth-order valence-corrected chi connectivity index (χ4v) is 2.70. The number of para-hydroxylation sites is 1. The topological polar surface area (TPSA) is 67.0 Å². The van der Waals surface area contributed by atoms with E-state index in [0.29, 0.717) is 26.0 Å². The molecule has 120 valence electrons. The fourth-order valence-electron chi connectivity index (χ4n) is 2.70. The highest BCUT2D eigenvalue weighted by molar-refractivity contribution is 6.06. The lowest BCUT2D eigenvalue weighted by atomic mass is 10.1. The number of carbonyl (C=O) groups is 1. The van der Waals surface area contributed by atoms with E-state index in [9.17, 15) is 4.79 Å². The van der Waals surface area contributed by atoms with Crippen molar-refractivity contribution < 1.29 is 9.53 Å². The smallest absolute Gasteiger partial charge is 0.220 e. The van der Waals surface area contributed by atoms with Crippen LogP contribution in [0.4, 0.5) is 0 Å². The summed E-state index contributed by atoms with van der Waals surface area (Å²) in [6.07, 6.45) is 3.78. The zero-order chi connectivity index (χ0) is 16.1. The second-order valence-electron chi connectivity index (χ2n) is 5.59. The van der Waals surface area contributed by atoms with Crippen molar-refractivity contribution in [1.82, 2.24) is 15.3 Å². The molecule has 1 aromatic carbocycles. The van der Waals surface area contributed by atoms with Gasteiger partial charge in [0, 0.05) is 48.7 Å². The van der Waals surface area contributed by atoms with Crippen LogP contribution in [0.1, 0.15) is 18.5 Å². The molecule has 2 aromatic heterocycles. The summed E-state index contributed by atoms with van der Waals surface area (Å²) in [6, 6.07) is 10.3. The molecular formula is C18H21N3O2. The van der Waals surface area contributed by atoms with Crippen LogP contribution in [0.5, 0.6) is 0 Å². The van der Waals surface area contributed by atoms with Crippen LogP contribution in [-0.2, 0) is 16.0 Å². The van der Waals surface area contributed by atoms with Crippen LogP contribution >= 0.6 is 0 Å². The Morgan fingerprint density at radius 1 is 1.26 bits per heavy atom. The number of carbonyl (C=O) groups excluding carboxylic acids is 1. The number of hydrogen-bond donors (Lipinski definition) is 2. The van der Waals surface area contributed by atoms with Crippen molar-refractivity contribution in [2.24, 2.45) is 0 Å². The first-order chi connectivity index (χ1) is 11.3. The van der Waals surface area contributed by atoms with E-state index >= 15 is 0 Å². The second kappa shape index (κ2) is 7.24. The molecule has 0 saturated carbocycles. The molecule has 5 heteroatoms. The van der Waals surface area contributed by atoms with Gasteiger partial charge in [0.1, 0.15) is 0 Å². The number of ether oxygens (including phenoxy) is 1. The van der Waals surface area contributed by atoms with Gasteiger partial charge in [-0.05, 0) is 25.0 Å². The first kappa shape index (κ1) is 15.5. The zero-order valence-electron chi connectivity index (χ0n) is 13.3. The van der Waals surface area contributed by atoms with E-state index in [2.05, 4.69) is 33.5 Å². The second-order valence-corrected chi connectivity index (χ2v) is 5.59. The van der Waals surface area contributed by atoms with E-state index in [1.807, 2.05) is 18.3 Å². The number of aromatic nitrogens is 2. The number of rotatable bonds is 7. The highest BCUT2D eigenvalue weighted by Gasteiger charge is 2.07. The lowest BCUT2D eigenvalue weighted by Crippen LogP contribution is -2.25. The third-order valence-electron chi connectivity index (χ3n) is 3.90. The number of pyridine rings is 1. The van der Waals surface area contributed by atoms with Crippen molar-refractivity contribution in [2.45, 2.75) is 19.3 Å². The number of aryl methyl sites for hydroxylation is 1. The predicted molar refractivity (Wildman–Crippen MR) is 91.4 cm³/mol. The molecular weight excluding hydrogens is 290 g/mol. The molecule has 2 N–H and O–H groups in total. The summed E-state index contributed by atoms with van der Waals surface area (Å²) in [4.78, 5) is 19.6.